The van der Waals surface area contributed by atoms with E-state index in [1.807, 2.05) is 18.2 Å². The van der Waals surface area contributed by atoms with Crippen molar-refractivity contribution in [1.29, 1.82) is 0 Å². The van der Waals surface area contributed by atoms with Crippen molar-refractivity contribution in [2.45, 2.75) is 50.7 Å². The fourth-order valence-corrected chi connectivity index (χ4v) is 3.58. The summed E-state index contributed by atoms with van der Waals surface area (Å²) in [7, 11) is 0. The summed E-state index contributed by atoms with van der Waals surface area (Å²) >= 11 is 0. The molecule has 23 heavy (non-hydrogen) atoms. The first kappa shape index (κ1) is 16.1. The van der Waals surface area contributed by atoms with E-state index < -0.39 is 0 Å². The van der Waals surface area contributed by atoms with Crippen molar-refractivity contribution >= 4 is 5.96 Å². The molecule has 1 aromatic rings. The number of aliphatic hydroxyl groups excluding tert-OH is 1. The second-order valence-electron chi connectivity index (χ2n) is 6.56. The van der Waals surface area contributed by atoms with Gasteiger partial charge in [0.2, 0.25) is 0 Å². The van der Waals surface area contributed by atoms with Crippen molar-refractivity contribution < 1.29 is 9.84 Å². The highest BCUT2D eigenvalue weighted by Gasteiger charge is 2.23. The molecular formula is C18H27N3O2. The number of aliphatic imine (C=N–C) groups is 1. The molecule has 2 unspecified atom stereocenters. The molecule has 5 nitrogen and oxygen atoms in total. The Morgan fingerprint density at radius 3 is 2.87 bits per heavy atom. The number of guanidine groups is 1. The summed E-state index contributed by atoms with van der Waals surface area (Å²) in [6.07, 6.45) is 6.43. The molecular weight excluding hydrogens is 290 g/mol. The van der Waals surface area contributed by atoms with Crippen LogP contribution in [0.5, 0.6) is 5.75 Å². The van der Waals surface area contributed by atoms with Crippen LogP contribution in [0.15, 0.2) is 29.3 Å². The Balaban J connectivity index is 1.55. The van der Waals surface area contributed by atoms with Crippen LogP contribution in [0.25, 0.3) is 0 Å². The number of benzene rings is 1. The van der Waals surface area contributed by atoms with E-state index in [1.165, 1.54) is 19.3 Å². The van der Waals surface area contributed by atoms with Crippen molar-refractivity contribution in [1.82, 2.24) is 5.32 Å². The van der Waals surface area contributed by atoms with Gasteiger partial charge >= 0.3 is 0 Å². The van der Waals surface area contributed by atoms with Crippen LogP contribution in [0.2, 0.25) is 0 Å². The number of hydrogen-bond acceptors (Lipinski definition) is 3. The predicted molar refractivity (Wildman–Crippen MR) is 91.5 cm³/mol. The topological polar surface area (TPSA) is 79.9 Å². The van der Waals surface area contributed by atoms with Gasteiger partial charge in [0.1, 0.15) is 5.75 Å². The molecule has 1 aliphatic heterocycles. The number of nitrogens with two attached hydrogens (primary N) is 1. The molecule has 1 aromatic carbocycles. The monoisotopic (exact) mass is 317 g/mol. The molecule has 1 fully saturated rings. The molecule has 0 aromatic heterocycles. The van der Waals surface area contributed by atoms with Gasteiger partial charge in [-0.05, 0) is 24.8 Å². The van der Waals surface area contributed by atoms with E-state index in [2.05, 4.69) is 16.4 Å². The Morgan fingerprint density at radius 1 is 1.26 bits per heavy atom. The molecule has 0 spiro atoms. The number of para-hydroxylation sites is 1. The highest BCUT2D eigenvalue weighted by Crippen LogP contribution is 2.31. The molecule has 4 N–H and O–H groups in total. The van der Waals surface area contributed by atoms with Gasteiger partial charge in [-0.3, -0.25) is 4.99 Å². The number of nitrogens with zero attached hydrogens (tertiary/aromatic N) is 1. The summed E-state index contributed by atoms with van der Waals surface area (Å²) < 4.78 is 5.65. The first-order valence-electron chi connectivity index (χ1n) is 8.70. The van der Waals surface area contributed by atoms with Gasteiger partial charge in [-0.2, -0.15) is 0 Å². The van der Waals surface area contributed by atoms with Crippen LogP contribution < -0.4 is 15.8 Å². The zero-order chi connectivity index (χ0) is 16.1. The lowest BCUT2D eigenvalue weighted by atomic mass is 9.85. The Hall–Kier alpha value is -1.75. The number of hydrogen-bond donors (Lipinski definition) is 3. The SMILES string of the molecule is NC(=NCC(O)C1CCCCC1)NC1CCOc2ccccc21. The molecule has 0 amide bonds. The minimum absolute atomic E-state index is 0.121. The van der Waals surface area contributed by atoms with Crippen molar-refractivity contribution in [3.63, 3.8) is 0 Å². The van der Waals surface area contributed by atoms with Crippen LogP contribution in [0.4, 0.5) is 0 Å². The molecule has 0 bridgehead atoms. The maximum atomic E-state index is 10.3. The third-order valence-electron chi connectivity index (χ3n) is 4.92. The van der Waals surface area contributed by atoms with Gasteiger partial charge in [0.25, 0.3) is 0 Å². The lowest BCUT2D eigenvalue weighted by molar-refractivity contribution is 0.0923. The van der Waals surface area contributed by atoms with Crippen molar-refractivity contribution in [3.8, 4) is 5.75 Å². The van der Waals surface area contributed by atoms with Crippen LogP contribution in [-0.2, 0) is 0 Å². The molecule has 5 heteroatoms. The van der Waals surface area contributed by atoms with E-state index in [4.69, 9.17) is 10.5 Å². The Labute approximate surface area is 137 Å². The highest BCUT2D eigenvalue weighted by molar-refractivity contribution is 5.78. The van der Waals surface area contributed by atoms with Gasteiger partial charge in [-0.25, -0.2) is 0 Å². The molecule has 3 rings (SSSR count). The summed E-state index contributed by atoms with van der Waals surface area (Å²) in [5.41, 5.74) is 7.14. The standard InChI is InChI=1S/C18H27N3O2/c19-18(20-12-16(22)13-6-2-1-3-7-13)21-15-10-11-23-17-9-5-4-8-14(15)17/h4-5,8-9,13,15-16,22H,1-3,6-7,10-12H2,(H3,19,20,21). The molecule has 0 saturated heterocycles. The third-order valence-corrected chi connectivity index (χ3v) is 4.92. The van der Waals surface area contributed by atoms with Crippen molar-refractivity contribution in [3.05, 3.63) is 29.8 Å². The quantitative estimate of drug-likeness (QED) is 0.588. The van der Waals surface area contributed by atoms with Gasteiger partial charge in [0.05, 0.1) is 25.3 Å². The molecule has 2 atom stereocenters. The van der Waals surface area contributed by atoms with E-state index in [9.17, 15) is 5.11 Å². The first-order valence-corrected chi connectivity index (χ1v) is 8.70. The highest BCUT2D eigenvalue weighted by atomic mass is 16.5. The Bertz CT molecular complexity index is 541. The first-order chi connectivity index (χ1) is 11.2. The zero-order valence-electron chi connectivity index (χ0n) is 13.6. The summed E-state index contributed by atoms with van der Waals surface area (Å²) in [6.45, 7) is 1.06. The average molecular weight is 317 g/mol. The largest absolute Gasteiger partial charge is 0.493 e. The summed E-state index contributed by atoms with van der Waals surface area (Å²) in [5.74, 6) is 1.69. The molecule has 1 heterocycles. The number of nitrogens with one attached hydrogen (secondary N) is 1. The minimum atomic E-state index is -0.377. The van der Waals surface area contributed by atoms with Crippen LogP contribution in [0.1, 0.15) is 50.1 Å². The van der Waals surface area contributed by atoms with E-state index in [1.54, 1.807) is 0 Å². The average Bonchev–Trinajstić information content (AvgIpc) is 2.61. The van der Waals surface area contributed by atoms with Crippen LogP contribution in [-0.4, -0.2) is 30.3 Å². The van der Waals surface area contributed by atoms with Crippen LogP contribution in [0, 0.1) is 5.92 Å². The lowest BCUT2D eigenvalue weighted by Crippen LogP contribution is -2.38. The van der Waals surface area contributed by atoms with Gasteiger partial charge < -0.3 is 20.9 Å². The fourth-order valence-electron chi connectivity index (χ4n) is 3.58. The normalized spacial score (nSPS) is 23.7. The fraction of sp³-hybridized carbons (Fsp3) is 0.611. The molecule has 0 radical (unpaired) electrons. The van der Waals surface area contributed by atoms with Crippen molar-refractivity contribution in [2.24, 2.45) is 16.6 Å². The van der Waals surface area contributed by atoms with Gasteiger partial charge in [-0.1, -0.05) is 37.5 Å². The van der Waals surface area contributed by atoms with Crippen LogP contribution >= 0.6 is 0 Å². The van der Waals surface area contributed by atoms with Crippen molar-refractivity contribution in [2.75, 3.05) is 13.2 Å². The van der Waals surface area contributed by atoms with Crippen LogP contribution in [0.3, 0.4) is 0 Å². The minimum Gasteiger partial charge on any atom is -0.493 e. The van der Waals surface area contributed by atoms with Gasteiger partial charge in [-0.15, -0.1) is 0 Å². The molecule has 1 saturated carbocycles. The number of fused-ring (bicyclic) bond motifs is 1. The summed E-state index contributed by atoms with van der Waals surface area (Å²) in [5, 5.41) is 13.5. The van der Waals surface area contributed by atoms with Gasteiger partial charge in [0, 0.05) is 12.0 Å². The second-order valence-corrected chi connectivity index (χ2v) is 6.56. The van der Waals surface area contributed by atoms with E-state index in [0.717, 1.165) is 30.6 Å². The van der Waals surface area contributed by atoms with E-state index in [-0.39, 0.29) is 12.1 Å². The molecule has 2 aliphatic rings. The Morgan fingerprint density at radius 2 is 2.04 bits per heavy atom. The van der Waals surface area contributed by atoms with E-state index >= 15 is 0 Å². The number of ether oxygens (including phenoxy) is 1. The lowest BCUT2D eigenvalue weighted by Gasteiger charge is -2.27. The van der Waals surface area contributed by atoms with Gasteiger partial charge in [0.15, 0.2) is 5.96 Å². The summed E-state index contributed by atoms with van der Waals surface area (Å²) in [4.78, 5) is 4.36. The predicted octanol–water partition coefficient (Wildman–Crippen LogP) is 2.36. The number of aliphatic hydroxyl groups is 1. The second kappa shape index (κ2) is 7.68. The maximum Gasteiger partial charge on any atom is 0.189 e. The smallest absolute Gasteiger partial charge is 0.189 e. The summed E-state index contributed by atoms with van der Waals surface area (Å²) in [6, 6.07) is 8.12. The maximum absolute atomic E-state index is 10.3. The third kappa shape index (κ3) is 4.16. The van der Waals surface area contributed by atoms with E-state index in [0.29, 0.717) is 25.0 Å². The number of rotatable bonds is 4. The molecule has 126 valence electrons. The molecule has 1 aliphatic carbocycles. The zero-order valence-corrected chi connectivity index (χ0v) is 13.6. The Kier molecular flexibility index (Phi) is 5.39.